The molecule has 0 saturated carbocycles. The predicted octanol–water partition coefficient (Wildman–Crippen LogP) is 2.64. The third-order valence-electron chi connectivity index (χ3n) is 6.17. The van der Waals surface area contributed by atoms with E-state index >= 15 is 0 Å². The van der Waals surface area contributed by atoms with Crippen LogP contribution in [0, 0.1) is 5.41 Å². The van der Waals surface area contributed by atoms with E-state index in [-0.39, 0.29) is 42.9 Å². The number of hydrogen-bond donors (Lipinski definition) is 2. The summed E-state index contributed by atoms with van der Waals surface area (Å²) in [4.78, 5) is 30.5. The Hall–Kier alpha value is -3.78. The summed E-state index contributed by atoms with van der Waals surface area (Å²) in [6.45, 7) is 5.71. The van der Waals surface area contributed by atoms with Crippen LogP contribution in [0.15, 0.2) is 41.7 Å². The monoisotopic (exact) mass is 431 g/mol. The van der Waals surface area contributed by atoms with Crippen molar-refractivity contribution >= 4 is 23.1 Å². The number of aliphatic hydroxyl groups is 1. The number of carbonyl (C=O) groups excluding carboxylic acids is 1. The molecule has 162 valence electrons. The molecule has 5 rings (SSSR count). The SMILES string of the molecule is C=CCOc1c2c(nc3ccc(C=N)cc13)-c1cc3c(c(=O)n1C2)COC(=O)C3(O)CC. The van der Waals surface area contributed by atoms with Crippen molar-refractivity contribution in [3.63, 3.8) is 0 Å². The third-order valence-corrected chi connectivity index (χ3v) is 6.17. The minimum atomic E-state index is -1.87. The average Bonchev–Trinajstić information content (AvgIpc) is 3.18. The van der Waals surface area contributed by atoms with Gasteiger partial charge in [-0.15, -0.1) is 0 Å². The Balaban J connectivity index is 1.81. The predicted molar refractivity (Wildman–Crippen MR) is 118 cm³/mol. The summed E-state index contributed by atoms with van der Waals surface area (Å²) in [6, 6.07) is 7.09. The molecule has 8 heteroatoms. The Morgan fingerprint density at radius 3 is 2.88 bits per heavy atom. The first-order valence-corrected chi connectivity index (χ1v) is 10.3. The van der Waals surface area contributed by atoms with Gasteiger partial charge in [0.25, 0.3) is 5.56 Å². The van der Waals surface area contributed by atoms with Gasteiger partial charge in [-0.25, -0.2) is 9.78 Å². The van der Waals surface area contributed by atoms with E-state index in [1.165, 1.54) is 6.21 Å². The molecular formula is C24H21N3O5. The largest absolute Gasteiger partial charge is 0.488 e. The third kappa shape index (κ3) is 2.66. The fourth-order valence-corrected chi connectivity index (χ4v) is 4.46. The number of aromatic nitrogens is 2. The van der Waals surface area contributed by atoms with Crippen molar-refractivity contribution in [2.75, 3.05) is 6.61 Å². The normalized spacial score (nSPS) is 18.5. The van der Waals surface area contributed by atoms with E-state index in [2.05, 4.69) is 6.58 Å². The first kappa shape index (κ1) is 20.1. The maximum Gasteiger partial charge on any atom is 0.343 e. The van der Waals surface area contributed by atoms with E-state index in [1.807, 2.05) is 6.07 Å². The fourth-order valence-electron chi connectivity index (χ4n) is 4.46. The lowest BCUT2D eigenvalue weighted by molar-refractivity contribution is -0.172. The van der Waals surface area contributed by atoms with Crippen LogP contribution in [0.1, 0.15) is 35.6 Å². The molecule has 1 unspecified atom stereocenters. The molecule has 0 spiro atoms. The highest BCUT2D eigenvalue weighted by Gasteiger charge is 2.45. The van der Waals surface area contributed by atoms with Crippen molar-refractivity contribution in [1.29, 1.82) is 5.41 Å². The van der Waals surface area contributed by atoms with Gasteiger partial charge in [0, 0.05) is 22.7 Å². The zero-order chi connectivity index (χ0) is 22.6. The number of ether oxygens (including phenoxy) is 2. The van der Waals surface area contributed by atoms with Crippen LogP contribution in [0.3, 0.4) is 0 Å². The molecule has 1 aromatic carbocycles. The summed E-state index contributed by atoms with van der Waals surface area (Å²) in [5.74, 6) is -0.177. The van der Waals surface area contributed by atoms with Crippen LogP contribution < -0.4 is 10.3 Å². The highest BCUT2D eigenvalue weighted by atomic mass is 16.6. The highest BCUT2D eigenvalue weighted by Crippen LogP contribution is 2.42. The van der Waals surface area contributed by atoms with Gasteiger partial charge in [-0.05, 0) is 30.2 Å². The van der Waals surface area contributed by atoms with Gasteiger partial charge >= 0.3 is 5.97 Å². The Morgan fingerprint density at radius 1 is 1.34 bits per heavy atom. The number of hydrogen-bond acceptors (Lipinski definition) is 7. The average molecular weight is 431 g/mol. The second kappa shape index (κ2) is 7.13. The van der Waals surface area contributed by atoms with Gasteiger partial charge in [-0.1, -0.05) is 25.6 Å². The Labute approximate surface area is 183 Å². The van der Waals surface area contributed by atoms with Gasteiger partial charge in [0.2, 0.25) is 0 Å². The number of pyridine rings is 2. The minimum absolute atomic E-state index is 0.0832. The molecule has 0 saturated heterocycles. The summed E-state index contributed by atoms with van der Waals surface area (Å²) in [7, 11) is 0. The van der Waals surface area contributed by atoms with E-state index in [0.717, 1.165) is 10.9 Å². The number of rotatable bonds is 5. The summed E-state index contributed by atoms with van der Waals surface area (Å²) < 4.78 is 12.7. The smallest absolute Gasteiger partial charge is 0.343 e. The van der Waals surface area contributed by atoms with Crippen molar-refractivity contribution in [1.82, 2.24) is 9.55 Å². The van der Waals surface area contributed by atoms with Crippen molar-refractivity contribution < 1.29 is 19.4 Å². The van der Waals surface area contributed by atoms with Gasteiger partial charge in [0.1, 0.15) is 19.0 Å². The van der Waals surface area contributed by atoms with Crippen LogP contribution in [0.25, 0.3) is 22.3 Å². The van der Waals surface area contributed by atoms with Crippen LogP contribution in [0.2, 0.25) is 0 Å². The van der Waals surface area contributed by atoms with E-state index in [1.54, 1.807) is 35.8 Å². The summed E-state index contributed by atoms with van der Waals surface area (Å²) in [5, 5.41) is 19.3. The number of fused-ring (bicyclic) bond motifs is 5. The molecule has 0 radical (unpaired) electrons. The van der Waals surface area contributed by atoms with E-state index in [9.17, 15) is 14.7 Å². The fraction of sp³-hybridized carbons (Fsp3) is 0.250. The maximum absolute atomic E-state index is 13.3. The van der Waals surface area contributed by atoms with Crippen molar-refractivity contribution in [2.24, 2.45) is 0 Å². The molecule has 0 aliphatic carbocycles. The lowest BCUT2D eigenvalue weighted by Gasteiger charge is -2.31. The topological polar surface area (TPSA) is 115 Å². The summed E-state index contributed by atoms with van der Waals surface area (Å²) in [6.07, 6.45) is 2.97. The van der Waals surface area contributed by atoms with Crippen molar-refractivity contribution in [3.8, 4) is 17.1 Å². The summed E-state index contributed by atoms with van der Waals surface area (Å²) >= 11 is 0. The second-order valence-electron chi connectivity index (χ2n) is 7.89. The lowest BCUT2D eigenvalue weighted by atomic mass is 9.86. The number of nitrogens with zero attached hydrogens (tertiary/aromatic N) is 2. The lowest BCUT2D eigenvalue weighted by Crippen LogP contribution is -2.44. The van der Waals surface area contributed by atoms with Gasteiger partial charge in [-0.2, -0.15) is 0 Å². The Bertz CT molecular complexity index is 1390. The molecule has 0 fully saturated rings. The van der Waals surface area contributed by atoms with Gasteiger partial charge < -0.3 is 24.6 Å². The molecule has 2 aliphatic heterocycles. The van der Waals surface area contributed by atoms with Crippen LogP contribution in [-0.4, -0.2) is 33.4 Å². The quantitative estimate of drug-likeness (QED) is 0.285. The second-order valence-corrected chi connectivity index (χ2v) is 7.89. The number of benzene rings is 1. The van der Waals surface area contributed by atoms with Gasteiger partial charge in [-0.3, -0.25) is 4.79 Å². The molecule has 2 aromatic heterocycles. The van der Waals surface area contributed by atoms with Crippen molar-refractivity contribution in [2.45, 2.75) is 32.1 Å². The maximum atomic E-state index is 13.3. The number of cyclic esters (lactones) is 1. The zero-order valence-corrected chi connectivity index (χ0v) is 17.5. The molecule has 1 atom stereocenters. The molecule has 2 aliphatic rings. The van der Waals surface area contributed by atoms with Crippen LogP contribution in [-0.2, 0) is 28.3 Å². The Morgan fingerprint density at radius 2 is 2.16 bits per heavy atom. The Kier molecular flexibility index (Phi) is 4.49. The zero-order valence-electron chi connectivity index (χ0n) is 17.5. The van der Waals surface area contributed by atoms with Gasteiger partial charge in [0.05, 0.1) is 29.0 Å². The number of carbonyl (C=O) groups is 1. The van der Waals surface area contributed by atoms with Crippen LogP contribution in [0.5, 0.6) is 5.75 Å². The van der Waals surface area contributed by atoms with Crippen molar-refractivity contribution in [3.05, 3.63) is 69.5 Å². The van der Waals surface area contributed by atoms with E-state index in [0.29, 0.717) is 28.2 Å². The molecule has 0 bridgehead atoms. The first-order valence-electron chi connectivity index (χ1n) is 10.3. The molecule has 8 nitrogen and oxygen atoms in total. The standard InChI is InChI=1S/C24H21N3O5/c1-3-7-31-21-14-8-13(10-25)5-6-18(14)26-20-15(21)11-27-19(20)9-17-16(22(27)28)12-32-23(29)24(17,30)4-2/h3,5-6,8-10,25,30H,1,4,7,11-12H2,2H3. The molecule has 2 N–H and O–H groups in total. The van der Waals surface area contributed by atoms with E-state index < -0.39 is 11.6 Å². The highest BCUT2D eigenvalue weighted by molar-refractivity contribution is 5.95. The minimum Gasteiger partial charge on any atom is -0.488 e. The van der Waals surface area contributed by atoms with Gasteiger partial charge in [0.15, 0.2) is 5.60 Å². The summed E-state index contributed by atoms with van der Waals surface area (Å²) in [5.41, 5.74) is 1.52. The molecule has 0 amide bonds. The van der Waals surface area contributed by atoms with Crippen LogP contribution >= 0.6 is 0 Å². The molecule has 4 heterocycles. The van der Waals surface area contributed by atoms with E-state index in [4.69, 9.17) is 19.9 Å². The number of esters is 1. The molecule has 32 heavy (non-hydrogen) atoms. The molecule has 3 aromatic rings. The first-order chi connectivity index (χ1) is 15.4. The molecular weight excluding hydrogens is 410 g/mol. The number of nitrogens with one attached hydrogen (secondary N) is 1. The van der Waals surface area contributed by atoms with Crippen LogP contribution in [0.4, 0.5) is 0 Å².